The van der Waals surface area contributed by atoms with Crippen molar-refractivity contribution in [2.75, 3.05) is 39.8 Å². The number of hydrogen-bond acceptors (Lipinski definition) is 3. The van der Waals surface area contributed by atoms with Crippen molar-refractivity contribution < 1.29 is 14.7 Å². The van der Waals surface area contributed by atoms with Crippen LogP contribution in [0.4, 0.5) is 4.79 Å². The molecule has 2 amide bonds. The Balaban J connectivity index is 1.73. The number of carboxylic acid groups (broad SMARTS) is 1. The van der Waals surface area contributed by atoms with Crippen molar-refractivity contribution in [3.8, 4) is 0 Å². The van der Waals surface area contributed by atoms with E-state index in [0.29, 0.717) is 32.0 Å². The minimum Gasteiger partial charge on any atom is -0.481 e. The molecule has 2 aliphatic rings. The van der Waals surface area contributed by atoms with Crippen molar-refractivity contribution in [1.29, 1.82) is 0 Å². The van der Waals surface area contributed by atoms with Gasteiger partial charge in [-0.2, -0.15) is 0 Å². The van der Waals surface area contributed by atoms with E-state index in [1.165, 1.54) is 0 Å². The molecule has 2 saturated heterocycles. The van der Waals surface area contributed by atoms with Gasteiger partial charge in [-0.25, -0.2) is 4.79 Å². The van der Waals surface area contributed by atoms with E-state index in [-0.39, 0.29) is 6.03 Å². The molecule has 0 saturated carbocycles. The lowest BCUT2D eigenvalue weighted by Gasteiger charge is -2.32. The monoisotopic (exact) mass is 283 g/mol. The van der Waals surface area contributed by atoms with Gasteiger partial charge in [-0.3, -0.25) is 4.79 Å². The number of urea groups is 1. The summed E-state index contributed by atoms with van der Waals surface area (Å²) in [4.78, 5) is 27.0. The van der Waals surface area contributed by atoms with Crippen LogP contribution in [-0.4, -0.2) is 66.7 Å². The molecular weight excluding hydrogens is 258 g/mol. The number of carbonyl (C=O) groups excluding carboxylic acids is 1. The first-order valence-corrected chi connectivity index (χ1v) is 7.50. The van der Waals surface area contributed by atoms with Gasteiger partial charge in [0.2, 0.25) is 0 Å². The Kier molecular flexibility index (Phi) is 5.23. The van der Waals surface area contributed by atoms with Crippen molar-refractivity contribution in [2.24, 2.45) is 11.8 Å². The minimum atomic E-state index is -0.794. The largest absolute Gasteiger partial charge is 0.481 e. The van der Waals surface area contributed by atoms with Crippen LogP contribution in [0.25, 0.3) is 0 Å². The SMILES string of the molecule is CN1CCC(CNC(=O)N2CCC[C@@H](C(=O)O)C2)CC1. The summed E-state index contributed by atoms with van der Waals surface area (Å²) in [6.45, 7) is 3.90. The molecule has 20 heavy (non-hydrogen) atoms. The summed E-state index contributed by atoms with van der Waals surface area (Å²) in [6.07, 6.45) is 3.69. The number of likely N-dealkylation sites (tertiary alicyclic amines) is 2. The van der Waals surface area contributed by atoms with Gasteiger partial charge >= 0.3 is 12.0 Å². The normalized spacial score (nSPS) is 25.4. The lowest BCUT2D eigenvalue weighted by Crippen LogP contribution is -2.48. The van der Waals surface area contributed by atoms with E-state index >= 15 is 0 Å². The fourth-order valence-corrected chi connectivity index (χ4v) is 2.97. The second-order valence-corrected chi connectivity index (χ2v) is 6.06. The molecule has 2 aliphatic heterocycles. The van der Waals surface area contributed by atoms with Crippen molar-refractivity contribution in [2.45, 2.75) is 25.7 Å². The Labute approximate surface area is 120 Å². The Morgan fingerprint density at radius 3 is 2.55 bits per heavy atom. The Hall–Kier alpha value is -1.30. The number of aliphatic carboxylic acids is 1. The van der Waals surface area contributed by atoms with Gasteiger partial charge in [-0.05, 0) is 51.7 Å². The molecule has 1 atom stereocenters. The summed E-state index contributed by atoms with van der Waals surface area (Å²) in [5, 5.41) is 12.0. The number of piperidine rings is 2. The highest BCUT2D eigenvalue weighted by molar-refractivity contribution is 5.76. The summed E-state index contributed by atoms with van der Waals surface area (Å²) in [5.41, 5.74) is 0. The quantitative estimate of drug-likeness (QED) is 0.805. The molecule has 2 fully saturated rings. The highest BCUT2D eigenvalue weighted by atomic mass is 16.4. The number of rotatable bonds is 3. The van der Waals surface area contributed by atoms with Crippen molar-refractivity contribution in [1.82, 2.24) is 15.1 Å². The summed E-state index contributed by atoms with van der Waals surface area (Å²) >= 11 is 0. The zero-order valence-electron chi connectivity index (χ0n) is 12.2. The van der Waals surface area contributed by atoms with E-state index in [2.05, 4.69) is 17.3 Å². The van der Waals surface area contributed by atoms with Crippen LogP contribution in [0.15, 0.2) is 0 Å². The van der Waals surface area contributed by atoms with E-state index in [1.54, 1.807) is 4.90 Å². The van der Waals surface area contributed by atoms with Gasteiger partial charge in [-0.15, -0.1) is 0 Å². The standard InChI is InChI=1S/C14H25N3O3/c1-16-7-4-11(5-8-16)9-15-14(20)17-6-2-3-12(10-17)13(18)19/h11-12H,2-10H2,1H3,(H,15,20)(H,18,19)/t12-/m1/s1. The van der Waals surface area contributed by atoms with Crippen molar-refractivity contribution >= 4 is 12.0 Å². The van der Waals surface area contributed by atoms with Gasteiger partial charge in [0.05, 0.1) is 5.92 Å². The van der Waals surface area contributed by atoms with E-state index in [1.807, 2.05) is 0 Å². The van der Waals surface area contributed by atoms with Crippen LogP contribution in [0.1, 0.15) is 25.7 Å². The van der Waals surface area contributed by atoms with Crippen LogP contribution in [0.5, 0.6) is 0 Å². The predicted molar refractivity (Wildman–Crippen MR) is 75.6 cm³/mol. The molecule has 0 unspecified atom stereocenters. The topological polar surface area (TPSA) is 72.9 Å². The predicted octanol–water partition coefficient (Wildman–Crippen LogP) is 0.834. The lowest BCUT2D eigenvalue weighted by molar-refractivity contribution is -0.143. The van der Waals surface area contributed by atoms with Crippen LogP contribution in [0.3, 0.4) is 0 Å². The summed E-state index contributed by atoms with van der Waals surface area (Å²) in [6, 6.07) is -0.102. The maximum absolute atomic E-state index is 12.1. The summed E-state index contributed by atoms with van der Waals surface area (Å²) < 4.78 is 0. The van der Waals surface area contributed by atoms with Crippen LogP contribution in [0, 0.1) is 11.8 Å². The number of amides is 2. The number of nitrogens with one attached hydrogen (secondary N) is 1. The highest BCUT2D eigenvalue weighted by Crippen LogP contribution is 2.17. The molecule has 0 spiro atoms. The van der Waals surface area contributed by atoms with Gasteiger partial charge in [0.1, 0.15) is 0 Å². The molecule has 0 aromatic heterocycles. The fraction of sp³-hybridized carbons (Fsp3) is 0.857. The molecule has 114 valence electrons. The average Bonchev–Trinajstić information content (AvgIpc) is 2.46. The molecule has 2 rings (SSSR count). The molecular formula is C14H25N3O3. The van der Waals surface area contributed by atoms with E-state index in [0.717, 1.165) is 32.4 Å². The molecule has 2 N–H and O–H groups in total. The van der Waals surface area contributed by atoms with Crippen LogP contribution < -0.4 is 5.32 Å². The first-order valence-electron chi connectivity index (χ1n) is 7.50. The third-order valence-corrected chi connectivity index (χ3v) is 4.44. The zero-order valence-corrected chi connectivity index (χ0v) is 12.2. The zero-order chi connectivity index (χ0) is 14.5. The smallest absolute Gasteiger partial charge is 0.317 e. The van der Waals surface area contributed by atoms with Crippen molar-refractivity contribution in [3.05, 3.63) is 0 Å². The number of carbonyl (C=O) groups is 2. The third kappa shape index (κ3) is 4.10. The van der Waals surface area contributed by atoms with Gasteiger partial charge in [0.15, 0.2) is 0 Å². The molecule has 0 aliphatic carbocycles. The van der Waals surface area contributed by atoms with Gasteiger partial charge in [-0.1, -0.05) is 0 Å². The maximum Gasteiger partial charge on any atom is 0.317 e. The number of nitrogens with zero attached hydrogens (tertiary/aromatic N) is 2. The van der Waals surface area contributed by atoms with Gasteiger partial charge in [0.25, 0.3) is 0 Å². The van der Waals surface area contributed by atoms with Gasteiger partial charge < -0.3 is 20.2 Å². The Morgan fingerprint density at radius 2 is 1.90 bits per heavy atom. The summed E-state index contributed by atoms with van der Waals surface area (Å²) in [5.74, 6) is -0.647. The third-order valence-electron chi connectivity index (χ3n) is 4.44. The lowest BCUT2D eigenvalue weighted by atomic mass is 9.97. The highest BCUT2D eigenvalue weighted by Gasteiger charge is 2.28. The second kappa shape index (κ2) is 6.92. The minimum absolute atomic E-state index is 0.102. The maximum atomic E-state index is 12.1. The molecule has 6 heteroatoms. The Morgan fingerprint density at radius 1 is 1.20 bits per heavy atom. The summed E-state index contributed by atoms with van der Waals surface area (Å²) in [7, 11) is 2.12. The molecule has 6 nitrogen and oxygen atoms in total. The first-order chi connectivity index (χ1) is 9.56. The molecule has 0 aromatic rings. The number of hydrogen-bond donors (Lipinski definition) is 2. The number of carboxylic acids is 1. The Bertz CT molecular complexity index is 354. The average molecular weight is 283 g/mol. The molecule has 0 bridgehead atoms. The molecule has 2 heterocycles. The first kappa shape index (κ1) is 15.1. The molecule has 0 radical (unpaired) electrons. The van der Waals surface area contributed by atoms with Crippen LogP contribution in [0.2, 0.25) is 0 Å². The van der Waals surface area contributed by atoms with Crippen LogP contribution in [-0.2, 0) is 4.79 Å². The van der Waals surface area contributed by atoms with Gasteiger partial charge in [0, 0.05) is 19.6 Å². The van der Waals surface area contributed by atoms with E-state index < -0.39 is 11.9 Å². The van der Waals surface area contributed by atoms with E-state index in [4.69, 9.17) is 5.11 Å². The second-order valence-electron chi connectivity index (χ2n) is 6.06. The fourth-order valence-electron chi connectivity index (χ4n) is 2.97. The van der Waals surface area contributed by atoms with Crippen LogP contribution >= 0.6 is 0 Å². The van der Waals surface area contributed by atoms with Crippen molar-refractivity contribution in [3.63, 3.8) is 0 Å². The molecule has 0 aromatic carbocycles. The van der Waals surface area contributed by atoms with E-state index in [9.17, 15) is 9.59 Å².